The number of amides is 1. The number of nitrogens with one attached hydrogen (secondary N) is 1. The van der Waals surface area contributed by atoms with Crippen molar-refractivity contribution < 1.29 is 9.18 Å². The van der Waals surface area contributed by atoms with Crippen LogP contribution in [0.2, 0.25) is 0 Å². The molecule has 1 amide bonds. The van der Waals surface area contributed by atoms with Gasteiger partial charge in [0.2, 0.25) is 5.91 Å². The number of hydrogen-bond acceptors (Lipinski definition) is 2. The fourth-order valence-electron chi connectivity index (χ4n) is 1.13. The lowest BCUT2D eigenvalue weighted by molar-refractivity contribution is -0.117. The van der Waals surface area contributed by atoms with Gasteiger partial charge in [-0.1, -0.05) is 12.1 Å². The van der Waals surface area contributed by atoms with Crippen molar-refractivity contribution in [2.24, 2.45) is 0 Å². The highest BCUT2D eigenvalue weighted by atomic mass is 19.1. The molecule has 0 saturated heterocycles. The summed E-state index contributed by atoms with van der Waals surface area (Å²) in [6.07, 6.45) is 1.63. The van der Waals surface area contributed by atoms with Crippen molar-refractivity contribution in [1.82, 2.24) is 5.32 Å². The van der Waals surface area contributed by atoms with Crippen molar-refractivity contribution in [3.8, 4) is 6.07 Å². The topological polar surface area (TPSA) is 52.9 Å². The standard InChI is InChI=1S/C12H11FN2O/c1-9(12(16)15-7-6-14)8-10-2-4-11(13)5-3-10/h2-5,8H,7H2,1H3,(H,15,16)/b9-8-. The van der Waals surface area contributed by atoms with Crippen LogP contribution in [0.3, 0.4) is 0 Å². The number of halogens is 1. The van der Waals surface area contributed by atoms with Crippen molar-refractivity contribution in [3.05, 3.63) is 41.2 Å². The molecule has 0 fully saturated rings. The lowest BCUT2D eigenvalue weighted by Gasteiger charge is -2.01. The highest BCUT2D eigenvalue weighted by molar-refractivity contribution is 5.97. The number of hydrogen-bond donors (Lipinski definition) is 1. The second-order valence-electron chi connectivity index (χ2n) is 3.22. The molecular weight excluding hydrogens is 207 g/mol. The highest BCUT2D eigenvalue weighted by Gasteiger charge is 2.02. The Balaban J connectivity index is 2.73. The Bertz CT molecular complexity index is 443. The molecule has 0 unspecified atom stereocenters. The Morgan fingerprint density at radius 2 is 2.12 bits per heavy atom. The largest absolute Gasteiger partial charge is 0.339 e. The van der Waals surface area contributed by atoms with E-state index in [0.29, 0.717) is 5.57 Å². The molecule has 0 aliphatic carbocycles. The summed E-state index contributed by atoms with van der Waals surface area (Å²) >= 11 is 0. The van der Waals surface area contributed by atoms with Crippen LogP contribution in [0.25, 0.3) is 6.08 Å². The molecule has 0 aliphatic heterocycles. The molecular formula is C12H11FN2O. The van der Waals surface area contributed by atoms with Crippen LogP contribution in [-0.4, -0.2) is 12.5 Å². The maximum absolute atomic E-state index is 12.6. The first kappa shape index (κ1) is 11.9. The number of carbonyl (C=O) groups is 1. The molecule has 0 aliphatic rings. The second-order valence-corrected chi connectivity index (χ2v) is 3.22. The third-order valence-corrected chi connectivity index (χ3v) is 1.94. The summed E-state index contributed by atoms with van der Waals surface area (Å²) in [5.41, 5.74) is 1.22. The molecule has 1 N–H and O–H groups in total. The maximum Gasteiger partial charge on any atom is 0.247 e. The summed E-state index contributed by atoms with van der Waals surface area (Å²) in [6.45, 7) is 1.61. The third-order valence-electron chi connectivity index (χ3n) is 1.94. The van der Waals surface area contributed by atoms with Gasteiger partial charge >= 0.3 is 0 Å². The van der Waals surface area contributed by atoms with Crippen molar-refractivity contribution in [1.29, 1.82) is 5.26 Å². The summed E-state index contributed by atoms with van der Waals surface area (Å²) < 4.78 is 12.6. The fraction of sp³-hybridized carbons (Fsp3) is 0.167. The Kier molecular flexibility index (Phi) is 4.22. The quantitative estimate of drug-likeness (QED) is 0.622. The van der Waals surface area contributed by atoms with Gasteiger partial charge in [0.1, 0.15) is 12.4 Å². The number of benzene rings is 1. The molecule has 16 heavy (non-hydrogen) atoms. The summed E-state index contributed by atoms with van der Waals surface area (Å²) in [5, 5.41) is 10.7. The zero-order valence-corrected chi connectivity index (χ0v) is 8.83. The lowest BCUT2D eigenvalue weighted by atomic mass is 10.1. The van der Waals surface area contributed by atoms with Gasteiger partial charge in [0.05, 0.1) is 6.07 Å². The van der Waals surface area contributed by atoms with E-state index in [1.807, 2.05) is 6.07 Å². The molecule has 0 heterocycles. The number of rotatable bonds is 3. The van der Waals surface area contributed by atoms with Crippen LogP contribution in [0, 0.1) is 17.1 Å². The molecule has 1 rings (SSSR count). The predicted octanol–water partition coefficient (Wildman–Crippen LogP) is 1.87. The van der Waals surface area contributed by atoms with E-state index in [0.717, 1.165) is 5.56 Å². The van der Waals surface area contributed by atoms with Gasteiger partial charge in [0.15, 0.2) is 0 Å². The minimum atomic E-state index is -0.316. The van der Waals surface area contributed by atoms with Crippen LogP contribution in [0.1, 0.15) is 12.5 Å². The first-order chi connectivity index (χ1) is 7.63. The zero-order valence-electron chi connectivity index (χ0n) is 8.83. The second kappa shape index (κ2) is 5.66. The molecule has 0 aromatic heterocycles. The van der Waals surface area contributed by atoms with Gasteiger partial charge < -0.3 is 5.32 Å². The minimum absolute atomic E-state index is 0.0204. The van der Waals surface area contributed by atoms with Gasteiger partial charge in [-0.15, -0.1) is 0 Å². The van der Waals surface area contributed by atoms with Crippen LogP contribution in [0.15, 0.2) is 29.8 Å². The highest BCUT2D eigenvalue weighted by Crippen LogP contribution is 2.08. The molecule has 4 heteroatoms. The number of carbonyl (C=O) groups excluding carboxylic acids is 1. The van der Waals surface area contributed by atoms with E-state index >= 15 is 0 Å². The van der Waals surface area contributed by atoms with E-state index in [4.69, 9.17) is 5.26 Å². The van der Waals surface area contributed by atoms with Crippen molar-refractivity contribution >= 4 is 12.0 Å². The van der Waals surface area contributed by atoms with Gasteiger partial charge in [-0.05, 0) is 30.7 Å². The minimum Gasteiger partial charge on any atom is -0.339 e. The normalized spacial score (nSPS) is 10.7. The monoisotopic (exact) mass is 218 g/mol. The fourth-order valence-corrected chi connectivity index (χ4v) is 1.13. The molecule has 0 atom stereocenters. The molecule has 0 saturated carbocycles. The first-order valence-electron chi connectivity index (χ1n) is 4.72. The van der Waals surface area contributed by atoms with E-state index in [9.17, 15) is 9.18 Å². The van der Waals surface area contributed by atoms with Gasteiger partial charge in [-0.3, -0.25) is 4.79 Å². The predicted molar refractivity (Wildman–Crippen MR) is 58.7 cm³/mol. The van der Waals surface area contributed by atoms with Crippen LogP contribution < -0.4 is 5.32 Å². The van der Waals surface area contributed by atoms with Gasteiger partial charge in [0, 0.05) is 5.57 Å². The Hall–Kier alpha value is -2.15. The van der Waals surface area contributed by atoms with E-state index in [2.05, 4.69) is 5.32 Å². The molecule has 0 radical (unpaired) electrons. The lowest BCUT2D eigenvalue weighted by Crippen LogP contribution is -2.23. The van der Waals surface area contributed by atoms with Crippen molar-refractivity contribution in [2.45, 2.75) is 6.92 Å². The number of nitriles is 1. The molecule has 0 spiro atoms. The Morgan fingerprint density at radius 1 is 1.50 bits per heavy atom. The molecule has 82 valence electrons. The average Bonchev–Trinajstić information content (AvgIpc) is 2.29. The van der Waals surface area contributed by atoms with Crippen LogP contribution in [-0.2, 0) is 4.79 Å². The van der Waals surface area contributed by atoms with E-state index < -0.39 is 0 Å². The summed E-state index contributed by atoms with van der Waals surface area (Å²) in [7, 11) is 0. The van der Waals surface area contributed by atoms with Crippen molar-refractivity contribution in [3.63, 3.8) is 0 Å². The Labute approximate surface area is 93.2 Å². The molecule has 3 nitrogen and oxygen atoms in total. The van der Waals surface area contributed by atoms with Gasteiger partial charge in [-0.2, -0.15) is 5.26 Å². The summed E-state index contributed by atoms with van der Waals surface area (Å²) in [4.78, 5) is 11.4. The van der Waals surface area contributed by atoms with Crippen LogP contribution >= 0.6 is 0 Å². The molecule has 0 bridgehead atoms. The van der Waals surface area contributed by atoms with E-state index in [1.54, 1.807) is 25.1 Å². The zero-order chi connectivity index (χ0) is 12.0. The maximum atomic E-state index is 12.6. The van der Waals surface area contributed by atoms with Crippen molar-refractivity contribution in [2.75, 3.05) is 6.54 Å². The van der Waals surface area contributed by atoms with Crippen LogP contribution in [0.4, 0.5) is 4.39 Å². The van der Waals surface area contributed by atoms with E-state index in [1.165, 1.54) is 12.1 Å². The molecule has 1 aromatic carbocycles. The summed E-state index contributed by atoms with van der Waals surface area (Å²) in [5.74, 6) is -0.616. The number of nitrogens with zero attached hydrogens (tertiary/aromatic N) is 1. The third kappa shape index (κ3) is 3.54. The van der Waals surface area contributed by atoms with E-state index in [-0.39, 0.29) is 18.3 Å². The van der Waals surface area contributed by atoms with Crippen LogP contribution in [0.5, 0.6) is 0 Å². The SMILES string of the molecule is C/C(=C/c1ccc(F)cc1)C(=O)NCC#N. The smallest absolute Gasteiger partial charge is 0.247 e. The average molecular weight is 218 g/mol. The summed E-state index contributed by atoms with van der Waals surface area (Å²) in [6, 6.07) is 7.63. The van der Waals surface area contributed by atoms with Gasteiger partial charge in [-0.25, -0.2) is 4.39 Å². The molecule has 1 aromatic rings. The first-order valence-corrected chi connectivity index (χ1v) is 4.72. The van der Waals surface area contributed by atoms with Gasteiger partial charge in [0.25, 0.3) is 0 Å². The Morgan fingerprint density at radius 3 is 2.69 bits per heavy atom.